The lowest BCUT2D eigenvalue weighted by Crippen LogP contribution is -2.55. The Morgan fingerprint density at radius 3 is 1.95 bits per heavy atom. The Labute approximate surface area is 233 Å². The van der Waals surface area contributed by atoms with Crippen LogP contribution in [-0.4, -0.2) is 134 Å². The average Bonchev–Trinajstić information content (AvgIpc) is 2.90. The fraction of sp³-hybridized carbons (Fsp3) is 0.800. The molecule has 0 spiro atoms. The van der Waals surface area contributed by atoms with Crippen molar-refractivity contribution in [1.82, 2.24) is 20.0 Å². The number of rotatable bonds is 11. The van der Waals surface area contributed by atoms with E-state index in [0.717, 1.165) is 19.5 Å². The summed E-state index contributed by atoms with van der Waals surface area (Å²) < 4.78 is 0. The SMILES string of the molecule is CC(=O)SCCN(CCC1CCCCC1)C(=O)N[C@@H](C)C(=O)N1CCN(C)CC1.O=C(O)C(O)C(O)C(=O)O. The van der Waals surface area contributed by atoms with Gasteiger partial charge in [0.25, 0.3) is 0 Å². The van der Waals surface area contributed by atoms with Gasteiger partial charge in [-0.1, -0.05) is 43.9 Å². The van der Waals surface area contributed by atoms with Crippen LogP contribution < -0.4 is 5.32 Å². The van der Waals surface area contributed by atoms with Crippen LogP contribution in [0.25, 0.3) is 0 Å². The van der Waals surface area contributed by atoms with Crippen molar-refractivity contribution in [3.63, 3.8) is 0 Å². The van der Waals surface area contributed by atoms with Crippen LogP contribution in [0.4, 0.5) is 4.79 Å². The minimum absolute atomic E-state index is 0.0169. The van der Waals surface area contributed by atoms with E-state index in [1.165, 1.54) is 43.9 Å². The van der Waals surface area contributed by atoms with Gasteiger partial charge < -0.3 is 40.4 Å². The average molecular weight is 577 g/mol. The Balaban J connectivity index is 0.000000646. The molecule has 3 amide bonds. The number of piperazine rings is 1. The first-order valence-electron chi connectivity index (χ1n) is 13.3. The van der Waals surface area contributed by atoms with Gasteiger partial charge in [0.15, 0.2) is 17.3 Å². The maximum atomic E-state index is 12.9. The van der Waals surface area contributed by atoms with E-state index in [4.69, 9.17) is 20.4 Å². The molecule has 1 saturated carbocycles. The minimum atomic E-state index is -2.27. The molecule has 224 valence electrons. The molecule has 2 aliphatic rings. The molecule has 0 aromatic carbocycles. The molecule has 3 atom stereocenters. The molecule has 13 nitrogen and oxygen atoms in total. The van der Waals surface area contributed by atoms with Crippen LogP contribution in [0, 0.1) is 5.92 Å². The lowest BCUT2D eigenvalue weighted by Gasteiger charge is -2.34. The fourth-order valence-electron chi connectivity index (χ4n) is 4.34. The van der Waals surface area contributed by atoms with Crippen LogP contribution in [0.1, 0.15) is 52.4 Å². The third-order valence-electron chi connectivity index (χ3n) is 6.82. The quantitative estimate of drug-likeness (QED) is 0.227. The lowest BCUT2D eigenvalue weighted by molar-refractivity contribution is -0.165. The van der Waals surface area contributed by atoms with E-state index >= 15 is 0 Å². The Bertz CT molecular complexity index is 799. The maximum absolute atomic E-state index is 12.9. The van der Waals surface area contributed by atoms with Crippen LogP contribution in [0.15, 0.2) is 0 Å². The smallest absolute Gasteiger partial charge is 0.335 e. The van der Waals surface area contributed by atoms with Gasteiger partial charge in [0.05, 0.1) is 0 Å². The number of likely N-dealkylation sites (N-methyl/N-ethyl adjacent to an activating group) is 1. The van der Waals surface area contributed by atoms with Gasteiger partial charge in [0, 0.05) is 51.9 Å². The predicted octanol–water partition coefficient (Wildman–Crippen LogP) is 0.288. The first-order chi connectivity index (χ1) is 18.3. The summed E-state index contributed by atoms with van der Waals surface area (Å²) in [6.45, 7) is 7.66. The van der Waals surface area contributed by atoms with Crippen molar-refractivity contribution in [3.8, 4) is 0 Å². The normalized spacial score (nSPS) is 18.6. The second-order valence-corrected chi connectivity index (χ2v) is 11.3. The van der Waals surface area contributed by atoms with E-state index < -0.39 is 30.2 Å². The van der Waals surface area contributed by atoms with Gasteiger partial charge in [-0.25, -0.2) is 14.4 Å². The number of aliphatic hydroxyl groups excluding tert-OH is 2. The molecular formula is C25H44N4O9S. The number of aliphatic hydroxyl groups is 2. The van der Waals surface area contributed by atoms with Crippen molar-refractivity contribution < 1.29 is 44.4 Å². The molecular weight excluding hydrogens is 532 g/mol. The topological polar surface area (TPSA) is 188 Å². The number of nitrogens with zero attached hydrogens (tertiary/aromatic N) is 3. The van der Waals surface area contributed by atoms with Gasteiger partial charge in [-0.3, -0.25) is 9.59 Å². The van der Waals surface area contributed by atoms with Crippen molar-refractivity contribution in [2.45, 2.75) is 70.6 Å². The van der Waals surface area contributed by atoms with E-state index in [1.807, 2.05) is 4.90 Å². The van der Waals surface area contributed by atoms with Crippen molar-refractivity contribution in [1.29, 1.82) is 0 Å². The number of carbonyl (C=O) groups excluding carboxylic acids is 3. The van der Waals surface area contributed by atoms with Crippen LogP contribution in [0.5, 0.6) is 0 Å². The number of nitrogens with one attached hydrogen (secondary N) is 1. The largest absolute Gasteiger partial charge is 0.479 e. The first kappa shape index (κ1) is 34.6. The highest BCUT2D eigenvalue weighted by Crippen LogP contribution is 2.26. The Kier molecular flexibility index (Phi) is 16.0. The Hall–Kier alpha value is -2.42. The molecule has 39 heavy (non-hydrogen) atoms. The second kappa shape index (κ2) is 18.0. The molecule has 2 unspecified atom stereocenters. The number of amides is 3. The molecule has 5 N–H and O–H groups in total. The second-order valence-electron chi connectivity index (χ2n) is 9.99. The summed E-state index contributed by atoms with van der Waals surface area (Å²) >= 11 is 1.25. The molecule has 2 fully saturated rings. The van der Waals surface area contributed by atoms with Crippen molar-refractivity contribution in [3.05, 3.63) is 0 Å². The van der Waals surface area contributed by atoms with Crippen molar-refractivity contribution in [2.75, 3.05) is 52.1 Å². The molecule has 14 heteroatoms. The first-order valence-corrected chi connectivity index (χ1v) is 14.3. The molecule has 0 bridgehead atoms. The summed E-state index contributed by atoms with van der Waals surface area (Å²) in [5.41, 5.74) is 0. The molecule has 1 aliphatic heterocycles. The number of carboxylic acids is 2. The Morgan fingerprint density at radius 1 is 0.923 bits per heavy atom. The highest BCUT2D eigenvalue weighted by atomic mass is 32.2. The van der Waals surface area contributed by atoms with Gasteiger partial charge >= 0.3 is 18.0 Å². The standard InChI is InChI=1S/C21H38N4O3S.C4H6O6/c1-17(20(27)24-13-11-23(3)12-14-24)22-21(28)25(15-16-29-18(2)26)10-9-19-7-5-4-6-8-19;5-1(3(7)8)2(6)4(9)10/h17,19H,4-16H2,1-3H3,(H,22,28);1-2,5-6H,(H,7,8)(H,9,10)/t17-;/m0./s1. The van der Waals surface area contributed by atoms with Gasteiger partial charge in [-0.05, 0) is 26.3 Å². The minimum Gasteiger partial charge on any atom is -0.479 e. The summed E-state index contributed by atoms with van der Waals surface area (Å²) in [6, 6.07) is -0.733. The number of thioether (sulfide) groups is 1. The summed E-state index contributed by atoms with van der Waals surface area (Å²) in [6.07, 6.45) is 2.85. The molecule has 0 radical (unpaired) electrons. The van der Waals surface area contributed by atoms with Gasteiger partial charge in [-0.2, -0.15) is 0 Å². The summed E-state index contributed by atoms with van der Waals surface area (Å²) in [5, 5.41) is 35.5. The van der Waals surface area contributed by atoms with E-state index in [0.29, 0.717) is 37.8 Å². The highest BCUT2D eigenvalue weighted by molar-refractivity contribution is 8.13. The van der Waals surface area contributed by atoms with E-state index in [2.05, 4.69) is 17.3 Å². The molecule has 0 aromatic rings. The van der Waals surface area contributed by atoms with Crippen LogP contribution in [0.3, 0.4) is 0 Å². The molecule has 1 saturated heterocycles. The summed E-state index contributed by atoms with van der Waals surface area (Å²) in [5.74, 6) is -2.28. The third kappa shape index (κ3) is 13.5. The van der Waals surface area contributed by atoms with Gasteiger partial charge in [-0.15, -0.1) is 0 Å². The lowest BCUT2D eigenvalue weighted by atomic mass is 9.87. The number of carboxylic acid groups (broad SMARTS) is 2. The predicted molar refractivity (Wildman–Crippen MR) is 145 cm³/mol. The van der Waals surface area contributed by atoms with Crippen molar-refractivity contribution in [2.24, 2.45) is 5.92 Å². The molecule has 2 rings (SSSR count). The van der Waals surface area contributed by atoms with Gasteiger partial charge in [0.1, 0.15) is 6.04 Å². The molecule has 0 aromatic heterocycles. The summed E-state index contributed by atoms with van der Waals surface area (Å²) in [4.78, 5) is 62.2. The molecule has 1 aliphatic carbocycles. The van der Waals surface area contributed by atoms with Crippen LogP contribution in [0.2, 0.25) is 0 Å². The number of urea groups is 1. The number of aliphatic carboxylic acids is 2. The summed E-state index contributed by atoms with van der Waals surface area (Å²) in [7, 11) is 2.05. The van der Waals surface area contributed by atoms with Crippen LogP contribution >= 0.6 is 11.8 Å². The number of carbonyl (C=O) groups is 5. The van der Waals surface area contributed by atoms with E-state index in [-0.39, 0.29) is 17.1 Å². The zero-order chi connectivity index (χ0) is 29.5. The monoisotopic (exact) mass is 576 g/mol. The van der Waals surface area contributed by atoms with E-state index in [9.17, 15) is 24.0 Å². The highest BCUT2D eigenvalue weighted by Gasteiger charge is 2.29. The maximum Gasteiger partial charge on any atom is 0.335 e. The zero-order valence-corrected chi connectivity index (χ0v) is 23.9. The van der Waals surface area contributed by atoms with Gasteiger partial charge in [0.2, 0.25) is 5.91 Å². The third-order valence-corrected chi connectivity index (χ3v) is 7.61. The fourth-order valence-corrected chi connectivity index (χ4v) is 4.94. The Morgan fingerprint density at radius 2 is 1.46 bits per heavy atom. The number of hydrogen-bond donors (Lipinski definition) is 5. The number of hydrogen-bond acceptors (Lipinski definition) is 9. The van der Waals surface area contributed by atoms with Crippen LogP contribution in [-0.2, 0) is 19.2 Å². The van der Waals surface area contributed by atoms with E-state index in [1.54, 1.807) is 18.7 Å². The van der Waals surface area contributed by atoms with Crippen molar-refractivity contribution >= 4 is 40.8 Å². The zero-order valence-electron chi connectivity index (χ0n) is 23.1. The molecule has 1 heterocycles.